The molecule has 0 saturated carbocycles. The molecule has 1 aromatic carbocycles. The van der Waals surface area contributed by atoms with Crippen LogP contribution in [-0.2, 0) is 19.3 Å². The molecule has 1 rings (SSSR count). The third kappa shape index (κ3) is 3.32. The zero-order chi connectivity index (χ0) is 13.8. The molecule has 0 spiro atoms. The van der Waals surface area contributed by atoms with Crippen LogP contribution < -0.4 is 0 Å². The van der Waals surface area contributed by atoms with E-state index in [4.69, 9.17) is 13.3 Å². The molecule has 102 valence electrons. The fraction of sp³-hybridized carbons (Fsp3) is 0.455. The topological polar surface area (TPSA) is 27.7 Å². The molecular formula is C11H15F3O3Si. The fourth-order valence-corrected chi connectivity index (χ4v) is 3.58. The van der Waals surface area contributed by atoms with Crippen molar-refractivity contribution in [3.8, 4) is 0 Å². The molecule has 0 aliphatic carbocycles. The third-order valence-corrected chi connectivity index (χ3v) is 5.24. The summed E-state index contributed by atoms with van der Waals surface area (Å²) >= 11 is 0. The van der Waals surface area contributed by atoms with Gasteiger partial charge in [-0.25, -0.2) is 13.2 Å². The van der Waals surface area contributed by atoms with E-state index in [1.54, 1.807) is 6.92 Å². The van der Waals surface area contributed by atoms with Crippen LogP contribution in [0.15, 0.2) is 12.1 Å². The molecule has 0 atom stereocenters. The second-order valence-electron chi connectivity index (χ2n) is 3.55. The van der Waals surface area contributed by atoms with Crippen LogP contribution in [0.2, 0.25) is 0 Å². The van der Waals surface area contributed by atoms with Crippen molar-refractivity contribution in [3.05, 3.63) is 35.1 Å². The largest absolute Gasteiger partial charge is 0.505 e. The second kappa shape index (κ2) is 6.33. The van der Waals surface area contributed by atoms with E-state index in [1.807, 2.05) is 0 Å². The van der Waals surface area contributed by atoms with Crippen LogP contribution in [0.3, 0.4) is 0 Å². The maximum absolute atomic E-state index is 13.5. The standard InChI is InChI=1S/C11H15F3O3Si/c1-4-17-18(15-2,16-3)7-9-10(13)5-8(12)6-11(9)14/h5-6H,4,7H2,1-3H3. The minimum absolute atomic E-state index is 0.189. The van der Waals surface area contributed by atoms with Gasteiger partial charge in [-0.2, -0.15) is 0 Å². The Morgan fingerprint density at radius 3 is 1.94 bits per heavy atom. The van der Waals surface area contributed by atoms with Crippen LogP contribution in [0.25, 0.3) is 0 Å². The maximum atomic E-state index is 13.5. The van der Waals surface area contributed by atoms with Crippen molar-refractivity contribution in [1.82, 2.24) is 0 Å². The van der Waals surface area contributed by atoms with Crippen molar-refractivity contribution in [1.29, 1.82) is 0 Å². The van der Waals surface area contributed by atoms with Gasteiger partial charge in [0.25, 0.3) is 0 Å². The van der Waals surface area contributed by atoms with Crippen LogP contribution >= 0.6 is 0 Å². The smallest absolute Gasteiger partial charge is 0.377 e. The van der Waals surface area contributed by atoms with E-state index in [-0.39, 0.29) is 11.6 Å². The Kier molecular flexibility index (Phi) is 5.33. The van der Waals surface area contributed by atoms with Gasteiger partial charge in [0.05, 0.1) is 0 Å². The van der Waals surface area contributed by atoms with Gasteiger partial charge in [-0.1, -0.05) is 0 Å². The summed E-state index contributed by atoms with van der Waals surface area (Å²) in [6.07, 6.45) is 0. The summed E-state index contributed by atoms with van der Waals surface area (Å²) in [6.45, 7) is 2.01. The Morgan fingerprint density at radius 2 is 1.56 bits per heavy atom. The highest BCUT2D eigenvalue weighted by Gasteiger charge is 2.40. The Bertz CT molecular complexity index is 388. The van der Waals surface area contributed by atoms with E-state index in [0.29, 0.717) is 18.7 Å². The lowest BCUT2D eigenvalue weighted by atomic mass is 10.2. The lowest BCUT2D eigenvalue weighted by molar-refractivity contribution is 0.102. The minimum Gasteiger partial charge on any atom is -0.377 e. The molecule has 0 saturated heterocycles. The van der Waals surface area contributed by atoms with Crippen LogP contribution in [0.5, 0.6) is 0 Å². The maximum Gasteiger partial charge on any atom is 0.505 e. The highest BCUT2D eigenvalue weighted by Crippen LogP contribution is 2.21. The molecule has 0 unspecified atom stereocenters. The summed E-state index contributed by atoms with van der Waals surface area (Å²) in [5.41, 5.74) is -0.291. The molecular weight excluding hydrogens is 265 g/mol. The summed E-state index contributed by atoms with van der Waals surface area (Å²) in [4.78, 5) is 0. The van der Waals surface area contributed by atoms with Crippen LogP contribution in [0.4, 0.5) is 13.2 Å². The van der Waals surface area contributed by atoms with Crippen molar-refractivity contribution in [2.45, 2.75) is 13.0 Å². The van der Waals surface area contributed by atoms with E-state index in [1.165, 1.54) is 14.2 Å². The van der Waals surface area contributed by atoms with E-state index in [0.717, 1.165) is 0 Å². The van der Waals surface area contributed by atoms with Gasteiger partial charge in [0, 0.05) is 44.6 Å². The molecule has 0 radical (unpaired) electrons. The van der Waals surface area contributed by atoms with Crippen molar-refractivity contribution in [2.24, 2.45) is 0 Å². The molecule has 0 bridgehead atoms. The van der Waals surface area contributed by atoms with Crippen molar-refractivity contribution in [3.63, 3.8) is 0 Å². The van der Waals surface area contributed by atoms with Crippen molar-refractivity contribution < 1.29 is 26.4 Å². The first-order valence-electron chi connectivity index (χ1n) is 5.35. The summed E-state index contributed by atoms with van der Waals surface area (Å²) in [7, 11) is -0.463. The van der Waals surface area contributed by atoms with Crippen LogP contribution in [0.1, 0.15) is 12.5 Å². The van der Waals surface area contributed by atoms with Gasteiger partial charge in [-0.05, 0) is 6.92 Å². The summed E-state index contributed by atoms with van der Waals surface area (Å²) in [6, 6.07) is 1.05. The average molecular weight is 280 g/mol. The van der Waals surface area contributed by atoms with E-state index in [2.05, 4.69) is 0 Å². The summed E-state index contributed by atoms with van der Waals surface area (Å²) < 4.78 is 55.5. The van der Waals surface area contributed by atoms with Gasteiger partial charge in [-0.15, -0.1) is 0 Å². The lowest BCUT2D eigenvalue weighted by Gasteiger charge is -2.26. The number of hydrogen-bond acceptors (Lipinski definition) is 3. The van der Waals surface area contributed by atoms with Crippen LogP contribution in [0, 0.1) is 17.5 Å². The van der Waals surface area contributed by atoms with E-state index < -0.39 is 26.3 Å². The van der Waals surface area contributed by atoms with Gasteiger partial charge in [0.15, 0.2) is 0 Å². The molecule has 0 aliphatic heterocycles. The number of benzene rings is 1. The average Bonchev–Trinajstić information content (AvgIpc) is 2.32. The normalized spacial score (nSPS) is 11.9. The molecule has 18 heavy (non-hydrogen) atoms. The lowest BCUT2D eigenvalue weighted by Crippen LogP contribution is -2.47. The summed E-state index contributed by atoms with van der Waals surface area (Å²) in [5.74, 6) is -2.91. The van der Waals surface area contributed by atoms with E-state index >= 15 is 0 Å². The first kappa shape index (κ1) is 15.2. The predicted octanol–water partition coefficient (Wildman–Crippen LogP) is 2.45. The number of rotatable bonds is 6. The molecule has 0 fully saturated rings. The zero-order valence-electron chi connectivity index (χ0n) is 10.4. The predicted molar refractivity (Wildman–Crippen MR) is 61.4 cm³/mol. The summed E-state index contributed by atoms with van der Waals surface area (Å²) in [5, 5.41) is 0. The number of hydrogen-bond donors (Lipinski definition) is 0. The fourth-order valence-electron chi connectivity index (χ4n) is 1.57. The van der Waals surface area contributed by atoms with Crippen LogP contribution in [-0.4, -0.2) is 29.6 Å². The Hall–Kier alpha value is -0.893. The first-order valence-corrected chi connectivity index (χ1v) is 7.29. The van der Waals surface area contributed by atoms with Gasteiger partial charge in [0.1, 0.15) is 17.5 Å². The van der Waals surface area contributed by atoms with Gasteiger partial charge >= 0.3 is 8.80 Å². The molecule has 3 nitrogen and oxygen atoms in total. The quantitative estimate of drug-likeness (QED) is 0.749. The van der Waals surface area contributed by atoms with Gasteiger partial charge in [-0.3, -0.25) is 0 Å². The first-order chi connectivity index (χ1) is 8.48. The highest BCUT2D eigenvalue weighted by atomic mass is 28.4. The SMILES string of the molecule is CCO[Si](Cc1c(F)cc(F)cc1F)(OC)OC. The van der Waals surface area contributed by atoms with Gasteiger partial charge in [0.2, 0.25) is 0 Å². The second-order valence-corrected chi connectivity index (χ2v) is 6.37. The Morgan fingerprint density at radius 1 is 1.06 bits per heavy atom. The van der Waals surface area contributed by atoms with Crippen molar-refractivity contribution in [2.75, 3.05) is 20.8 Å². The molecule has 0 aromatic heterocycles. The molecule has 1 aromatic rings. The molecule has 0 aliphatic rings. The molecule has 0 heterocycles. The Balaban J connectivity index is 3.08. The molecule has 0 amide bonds. The zero-order valence-corrected chi connectivity index (χ0v) is 11.4. The van der Waals surface area contributed by atoms with E-state index in [9.17, 15) is 13.2 Å². The molecule has 0 N–H and O–H groups in total. The Labute approximate surface area is 105 Å². The van der Waals surface area contributed by atoms with Crippen molar-refractivity contribution >= 4 is 8.80 Å². The van der Waals surface area contributed by atoms with Gasteiger partial charge < -0.3 is 13.3 Å². The third-order valence-electron chi connectivity index (χ3n) is 2.49. The monoisotopic (exact) mass is 280 g/mol. The minimum atomic E-state index is -3.17. The highest BCUT2D eigenvalue weighted by molar-refractivity contribution is 6.60. The number of halogens is 3. The molecule has 7 heteroatoms.